The van der Waals surface area contributed by atoms with Gasteiger partial charge in [0, 0.05) is 76.8 Å². The highest BCUT2D eigenvalue weighted by atomic mass is 32.2. The first-order chi connectivity index (χ1) is 59.7. The lowest BCUT2D eigenvalue weighted by Gasteiger charge is -2.35. The van der Waals surface area contributed by atoms with Gasteiger partial charge in [0.1, 0.15) is 11.3 Å². The van der Waals surface area contributed by atoms with Gasteiger partial charge >= 0.3 is 0 Å². The maximum atomic E-state index is 13.2. The van der Waals surface area contributed by atoms with Gasteiger partial charge in [0.15, 0.2) is 0 Å². The third-order valence-corrected chi connectivity index (χ3v) is 26.7. The monoisotopic (exact) mass is 1870 g/mol. The highest BCUT2D eigenvalue weighted by molar-refractivity contribution is 8.00. The maximum absolute atomic E-state index is 13.2. The summed E-state index contributed by atoms with van der Waals surface area (Å²) in [6.07, 6.45) is 55.0. The number of ether oxygens (including phenoxy) is 3. The lowest BCUT2D eigenvalue weighted by atomic mass is 9.77. The Balaban J connectivity index is -0.000000425. The van der Waals surface area contributed by atoms with Crippen molar-refractivity contribution in [1.82, 2.24) is 0 Å². The van der Waals surface area contributed by atoms with Crippen LogP contribution in [0.4, 0.5) is 35.1 Å². The zero-order valence-corrected chi connectivity index (χ0v) is 94.1. The van der Waals surface area contributed by atoms with Crippen molar-refractivity contribution in [3.05, 3.63) is 12.2 Å². The van der Waals surface area contributed by atoms with Gasteiger partial charge < -0.3 is 14.2 Å². The Kier molecular flexibility index (Phi) is 83.3. The van der Waals surface area contributed by atoms with Crippen molar-refractivity contribution < 1.29 is 49.3 Å². The molecule has 778 valence electrons. The van der Waals surface area contributed by atoms with Crippen LogP contribution >= 0.6 is 11.8 Å². The molecule has 11 aliphatic rings. The summed E-state index contributed by atoms with van der Waals surface area (Å²) in [5, 5.41) is 0. The Morgan fingerprint density at radius 3 is 0.992 bits per heavy atom. The molecule has 2 aliphatic heterocycles. The van der Waals surface area contributed by atoms with Gasteiger partial charge in [0.2, 0.25) is 5.92 Å². The molecule has 0 N–H and O–H groups in total. The van der Waals surface area contributed by atoms with E-state index < -0.39 is 35.0 Å². The first kappa shape index (κ1) is 136. The second-order valence-electron chi connectivity index (χ2n) is 48.8. The molecule has 12 heteroatoms. The number of terminal acetylenes is 1. The lowest BCUT2D eigenvalue weighted by molar-refractivity contribution is -0.122. The molecule has 0 aromatic carbocycles. The molecule has 0 spiro atoms. The predicted octanol–water partition coefficient (Wildman–Crippen LogP) is 40.6. The molecule has 2 unspecified atom stereocenters. The summed E-state index contributed by atoms with van der Waals surface area (Å²) in [6, 6.07) is 0. The predicted molar refractivity (Wildman–Crippen MR) is 562 cm³/mol. The minimum atomic E-state index is -2.40. The van der Waals surface area contributed by atoms with E-state index in [0.717, 1.165) is 204 Å². The molecule has 0 amide bonds. The van der Waals surface area contributed by atoms with Crippen LogP contribution in [0.3, 0.4) is 0 Å². The quantitative estimate of drug-likeness (QED) is 0.0359. The molecular formula is C117H230F8O3S. The maximum Gasteiger partial charge on any atom is 0.253 e. The van der Waals surface area contributed by atoms with Crippen LogP contribution in [-0.4, -0.2) is 81.3 Å². The van der Waals surface area contributed by atoms with Gasteiger partial charge in [-0.3, -0.25) is 0 Å². The number of hydrogen-bond donors (Lipinski definition) is 0. The molecule has 9 aliphatic carbocycles. The van der Waals surface area contributed by atoms with Crippen molar-refractivity contribution in [3.63, 3.8) is 0 Å². The third-order valence-electron chi connectivity index (χ3n) is 25.3. The van der Waals surface area contributed by atoms with Gasteiger partial charge in [-0.25, -0.2) is 35.1 Å². The van der Waals surface area contributed by atoms with Gasteiger partial charge in [0.25, 0.3) is 11.8 Å². The summed E-state index contributed by atoms with van der Waals surface area (Å²) in [7, 11) is 3.46. The summed E-state index contributed by atoms with van der Waals surface area (Å²) >= 11 is 2.09. The van der Waals surface area contributed by atoms with Crippen molar-refractivity contribution >= 4 is 11.8 Å². The first-order valence-corrected chi connectivity index (χ1v) is 55.6. The largest absolute Gasteiger partial charge is 0.385 e. The highest BCUT2D eigenvalue weighted by Gasteiger charge is 2.56. The standard InChI is InChI=1S/C9H18.C9H16.2C8H14F2.C8H15F.2C8H16.C7H12F2.C7H13F.C7H14O.C7H14S.C7H16.C7H12.C6H14O.C6H14.C5H12O/c1-8(2)6-7-9-4-3-5-9;1-8(2)7-9-5-3-4-6-9;1-6(2)3-7-4-8(9,10)5-7;1-6(2)8(9,10)7-4-3-5-7;1-7(2)6-8(9)4-3-5-8;1-7(2)6-8(3)4-5-8;1-7(2)6-8-4-3-5-8;1-5(2)3-6-4-7(6,8)9;1-6(2)5-7(8)3-4-7;2*1-6(2)3-7-4-8-5-7;2*1-4-5-6-7(2)3;1-6(2)4-5-7-3;1-4-5-6(2)3;1-5(2)4-6-3/h8-9H,3-7H2,1-2H3;3,5,8-9H,4,6-7H2,1-2H3;2*6-7H,3-5H2,1-2H3;7H,3-6H2,1-2H3;7H,4-6H2,1-3H3;7-8H,3-6H2,1-2H3;5-6H,3-4H2,1-2H3;6H,3-5H2,1-2H3;2*6-7H,3-5H2,1-2H3;7H,4-6H2,1-3H3;1,7H,5-6H2,2-3H3;6H,4-5H2,1-3H3;6H,4-5H2,1-3H3;5H,4H2,1-3H3. The van der Waals surface area contributed by atoms with E-state index in [1.54, 1.807) is 28.1 Å². The van der Waals surface area contributed by atoms with Gasteiger partial charge in [-0.2, -0.15) is 11.8 Å². The van der Waals surface area contributed by atoms with Gasteiger partial charge in [0.05, 0.1) is 13.2 Å². The fraction of sp³-hybridized carbons (Fsp3) is 0.966. The molecule has 10 fully saturated rings. The van der Waals surface area contributed by atoms with Crippen molar-refractivity contribution in [2.45, 2.75) is 528 Å². The summed E-state index contributed by atoms with van der Waals surface area (Å²) in [5.41, 5.74) is -0.712. The van der Waals surface area contributed by atoms with Gasteiger partial charge in [-0.15, -0.1) is 12.3 Å². The fourth-order valence-corrected chi connectivity index (χ4v) is 17.5. The van der Waals surface area contributed by atoms with E-state index in [4.69, 9.17) is 20.6 Å². The number of alkyl halides is 8. The van der Waals surface area contributed by atoms with E-state index >= 15 is 0 Å². The van der Waals surface area contributed by atoms with E-state index in [9.17, 15) is 35.1 Å². The van der Waals surface area contributed by atoms with Crippen molar-refractivity contribution in [1.29, 1.82) is 0 Å². The van der Waals surface area contributed by atoms with Crippen LogP contribution in [0.15, 0.2) is 12.2 Å². The fourth-order valence-electron chi connectivity index (χ4n) is 16.6. The summed E-state index contributed by atoms with van der Waals surface area (Å²) in [5.74, 6) is 14.2. The number of rotatable bonds is 35. The lowest BCUT2D eigenvalue weighted by Crippen LogP contribution is -2.37. The first-order valence-electron chi connectivity index (χ1n) is 54.5. The zero-order chi connectivity index (χ0) is 100. The van der Waals surface area contributed by atoms with Gasteiger partial charge in [-0.05, 0) is 277 Å². The highest BCUT2D eigenvalue weighted by Crippen LogP contribution is 2.53. The van der Waals surface area contributed by atoms with Crippen LogP contribution in [0, 0.1) is 160 Å². The molecule has 8 saturated carbocycles. The smallest absolute Gasteiger partial charge is 0.253 e. The minimum Gasteiger partial charge on any atom is -0.385 e. The summed E-state index contributed by atoms with van der Waals surface area (Å²) < 4.78 is 115. The number of allylic oxidation sites excluding steroid dienone is 2. The molecule has 129 heavy (non-hydrogen) atoms. The van der Waals surface area contributed by atoms with E-state index in [0.29, 0.717) is 41.9 Å². The van der Waals surface area contributed by atoms with E-state index in [1.807, 2.05) is 13.8 Å². The van der Waals surface area contributed by atoms with Crippen LogP contribution < -0.4 is 0 Å². The number of halogens is 8. The summed E-state index contributed by atoms with van der Waals surface area (Å²) in [4.78, 5) is 0. The molecule has 0 radical (unpaired) electrons. The molecule has 0 aromatic heterocycles. The van der Waals surface area contributed by atoms with Crippen LogP contribution in [0.25, 0.3) is 0 Å². The van der Waals surface area contributed by atoms with Crippen LogP contribution in [0.1, 0.15) is 499 Å². The molecular weight excluding hydrogens is 1640 g/mol. The average molecular weight is 1870 g/mol. The van der Waals surface area contributed by atoms with Crippen LogP contribution in [0.2, 0.25) is 0 Å². The normalized spacial score (nSPS) is 20.1. The van der Waals surface area contributed by atoms with Crippen LogP contribution in [-0.2, 0) is 14.2 Å². The number of thioether (sulfide) groups is 1. The Morgan fingerprint density at radius 2 is 0.837 bits per heavy atom. The number of hydrogen-bond acceptors (Lipinski definition) is 4. The Labute approximate surface area is 808 Å². The van der Waals surface area contributed by atoms with E-state index in [2.05, 4.69) is 244 Å². The minimum absolute atomic E-state index is 0.130. The van der Waals surface area contributed by atoms with Crippen molar-refractivity contribution in [2.24, 2.45) is 147 Å². The average Bonchev–Trinajstić information content (AvgIpc) is 1.66. The summed E-state index contributed by atoms with van der Waals surface area (Å²) in [6.45, 7) is 80.0. The number of methoxy groups -OCH3 is 2. The molecule has 11 rings (SSSR count). The third kappa shape index (κ3) is 91.8. The zero-order valence-electron chi connectivity index (χ0n) is 93.3. The second kappa shape index (κ2) is 78.7. The Hall–Kier alpha value is -1.03. The van der Waals surface area contributed by atoms with Gasteiger partial charge in [-0.1, -0.05) is 344 Å². The molecule has 0 bridgehead atoms. The topological polar surface area (TPSA) is 27.7 Å². The van der Waals surface area contributed by atoms with Crippen molar-refractivity contribution in [3.8, 4) is 12.3 Å². The molecule has 2 atom stereocenters. The Morgan fingerprint density at radius 1 is 0.419 bits per heavy atom. The molecule has 2 heterocycles. The molecule has 3 nitrogen and oxygen atoms in total. The molecule has 2 saturated heterocycles. The van der Waals surface area contributed by atoms with E-state index in [1.165, 1.54) is 159 Å². The second-order valence-corrected chi connectivity index (χ2v) is 49.9. The van der Waals surface area contributed by atoms with Crippen molar-refractivity contribution in [2.75, 3.05) is 52.2 Å². The SMILES string of the molecule is C#CCCC(C)C.CC(C)C(F)(F)C1CCC1.CC(C)CC1(C)CC1.CC(C)CC1(F)CC1.CC(C)CC1(F)CCC1.CC(C)CC1C=CCC1.CC(C)CC1CC(F)(F)C1.CC(C)CC1CC1(F)F.CC(C)CC1CCC1.CC(C)CC1COC1.CC(C)CC1CSC1.CC(C)CCC1CCC1.CCCC(C)C.CCCCC(C)C.COCC(C)C.COCCC(C)C. The van der Waals surface area contributed by atoms with E-state index in [-0.39, 0.29) is 31.1 Å². The molecule has 0 aromatic rings. The number of unbranched alkanes of at least 4 members (excludes halogenated alkanes) is 1. The van der Waals surface area contributed by atoms with Crippen LogP contribution in [0.5, 0.6) is 0 Å². The Bertz CT molecular complexity index is 2370.